The molecule has 3 heteroatoms. The van der Waals surface area contributed by atoms with Gasteiger partial charge in [0, 0.05) is 5.69 Å². The zero-order valence-corrected chi connectivity index (χ0v) is 10.5. The molecule has 94 valence electrons. The first-order valence-corrected chi connectivity index (χ1v) is 6.22. The molecule has 0 aliphatic carbocycles. The Morgan fingerprint density at radius 1 is 1.22 bits per heavy atom. The van der Waals surface area contributed by atoms with Gasteiger partial charge in [-0.05, 0) is 36.6 Å². The molecule has 0 radical (unpaired) electrons. The molecule has 0 saturated heterocycles. The van der Waals surface area contributed by atoms with E-state index in [1.54, 1.807) is 6.07 Å². The van der Waals surface area contributed by atoms with Crippen molar-refractivity contribution in [1.82, 2.24) is 0 Å². The van der Waals surface area contributed by atoms with Gasteiger partial charge >= 0.3 is 0 Å². The number of anilines is 1. The van der Waals surface area contributed by atoms with Crippen molar-refractivity contribution in [3.63, 3.8) is 0 Å². The molecule has 0 spiro atoms. The van der Waals surface area contributed by atoms with Gasteiger partial charge in [-0.1, -0.05) is 25.5 Å². The van der Waals surface area contributed by atoms with Crippen LogP contribution in [0.2, 0.25) is 0 Å². The third-order valence-electron chi connectivity index (χ3n) is 2.81. The maximum Gasteiger partial charge on any atom is 0.258 e. The van der Waals surface area contributed by atoms with Gasteiger partial charge in [-0.15, -0.1) is 0 Å². The number of furan rings is 1. The second-order valence-corrected chi connectivity index (χ2v) is 4.27. The van der Waals surface area contributed by atoms with Crippen LogP contribution in [0.4, 0.5) is 5.69 Å². The average Bonchev–Trinajstić information content (AvgIpc) is 2.92. The number of benzene rings is 1. The van der Waals surface area contributed by atoms with Gasteiger partial charge in [0.2, 0.25) is 0 Å². The molecule has 0 aliphatic rings. The van der Waals surface area contributed by atoms with Gasteiger partial charge in [-0.25, -0.2) is 0 Å². The summed E-state index contributed by atoms with van der Waals surface area (Å²) < 4.78 is 4.88. The van der Waals surface area contributed by atoms with Crippen molar-refractivity contribution in [3.05, 3.63) is 54.0 Å². The quantitative estimate of drug-likeness (QED) is 0.866. The van der Waals surface area contributed by atoms with Crippen LogP contribution < -0.4 is 5.32 Å². The number of rotatable bonds is 5. The minimum atomic E-state index is -0.148. The molecule has 3 nitrogen and oxygen atoms in total. The van der Waals surface area contributed by atoms with Crippen LogP contribution in [0.25, 0.3) is 0 Å². The Morgan fingerprint density at radius 2 is 2.00 bits per heavy atom. The monoisotopic (exact) mass is 243 g/mol. The first-order valence-electron chi connectivity index (χ1n) is 6.22. The average molecular weight is 243 g/mol. The van der Waals surface area contributed by atoms with Crippen molar-refractivity contribution in [3.8, 4) is 0 Å². The van der Waals surface area contributed by atoms with Crippen LogP contribution in [0.1, 0.15) is 35.7 Å². The van der Waals surface area contributed by atoms with Crippen LogP contribution >= 0.6 is 0 Å². The fourth-order valence-electron chi connectivity index (χ4n) is 1.73. The van der Waals surface area contributed by atoms with E-state index in [1.807, 2.05) is 12.1 Å². The summed E-state index contributed by atoms with van der Waals surface area (Å²) in [5.41, 5.74) is 2.64. The Labute approximate surface area is 107 Å². The largest absolute Gasteiger partial charge is 0.472 e. The Bertz CT molecular complexity index is 486. The lowest BCUT2D eigenvalue weighted by Gasteiger charge is -2.05. The molecule has 1 N–H and O–H groups in total. The summed E-state index contributed by atoms with van der Waals surface area (Å²) in [5, 5.41) is 2.83. The molecule has 1 aromatic carbocycles. The molecule has 1 heterocycles. The van der Waals surface area contributed by atoms with E-state index >= 15 is 0 Å². The van der Waals surface area contributed by atoms with Gasteiger partial charge in [0.25, 0.3) is 5.91 Å². The lowest BCUT2D eigenvalue weighted by atomic mass is 10.1. The lowest BCUT2D eigenvalue weighted by molar-refractivity contribution is 0.102. The van der Waals surface area contributed by atoms with E-state index in [0.29, 0.717) is 5.56 Å². The van der Waals surface area contributed by atoms with E-state index in [-0.39, 0.29) is 5.91 Å². The van der Waals surface area contributed by atoms with Crippen molar-refractivity contribution >= 4 is 11.6 Å². The highest BCUT2D eigenvalue weighted by molar-refractivity contribution is 6.03. The molecular weight excluding hydrogens is 226 g/mol. The third-order valence-corrected chi connectivity index (χ3v) is 2.81. The highest BCUT2D eigenvalue weighted by Gasteiger charge is 2.06. The Morgan fingerprint density at radius 3 is 2.61 bits per heavy atom. The fraction of sp³-hybridized carbons (Fsp3) is 0.267. The Kier molecular flexibility index (Phi) is 4.18. The summed E-state index contributed by atoms with van der Waals surface area (Å²) in [6.45, 7) is 2.18. The van der Waals surface area contributed by atoms with E-state index in [0.717, 1.165) is 12.1 Å². The fourth-order valence-corrected chi connectivity index (χ4v) is 1.73. The van der Waals surface area contributed by atoms with Crippen LogP contribution in [0.15, 0.2) is 47.3 Å². The number of hydrogen-bond donors (Lipinski definition) is 1. The van der Waals surface area contributed by atoms with Crippen LogP contribution in [-0.4, -0.2) is 5.91 Å². The van der Waals surface area contributed by atoms with Gasteiger partial charge in [0.15, 0.2) is 0 Å². The smallest absolute Gasteiger partial charge is 0.258 e. The number of aryl methyl sites for hydroxylation is 1. The molecule has 2 rings (SSSR count). The molecule has 1 aromatic heterocycles. The van der Waals surface area contributed by atoms with Gasteiger partial charge in [-0.2, -0.15) is 0 Å². The predicted octanol–water partition coefficient (Wildman–Crippen LogP) is 3.87. The van der Waals surface area contributed by atoms with Gasteiger partial charge in [0.1, 0.15) is 6.26 Å². The van der Waals surface area contributed by atoms with Crippen LogP contribution in [0.3, 0.4) is 0 Å². The molecule has 0 saturated carbocycles. The maximum absolute atomic E-state index is 11.8. The van der Waals surface area contributed by atoms with Crippen molar-refractivity contribution < 1.29 is 9.21 Å². The number of hydrogen-bond acceptors (Lipinski definition) is 2. The molecule has 0 fully saturated rings. The molecule has 0 atom stereocenters. The van der Waals surface area contributed by atoms with E-state index in [2.05, 4.69) is 24.4 Å². The van der Waals surface area contributed by atoms with Crippen molar-refractivity contribution in [2.75, 3.05) is 5.32 Å². The van der Waals surface area contributed by atoms with E-state index in [9.17, 15) is 4.79 Å². The topological polar surface area (TPSA) is 42.2 Å². The number of carbonyl (C=O) groups is 1. The Hall–Kier alpha value is -2.03. The molecule has 18 heavy (non-hydrogen) atoms. The minimum Gasteiger partial charge on any atom is -0.472 e. The van der Waals surface area contributed by atoms with Crippen molar-refractivity contribution in [1.29, 1.82) is 0 Å². The first kappa shape index (κ1) is 12.4. The zero-order valence-electron chi connectivity index (χ0n) is 10.5. The van der Waals surface area contributed by atoms with Gasteiger partial charge in [-0.3, -0.25) is 4.79 Å². The van der Waals surface area contributed by atoms with Gasteiger partial charge in [0.05, 0.1) is 11.8 Å². The third kappa shape index (κ3) is 3.23. The first-order chi connectivity index (χ1) is 8.79. The molecule has 1 amide bonds. The normalized spacial score (nSPS) is 10.3. The van der Waals surface area contributed by atoms with Crippen molar-refractivity contribution in [2.45, 2.75) is 26.2 Å². The second kappa shape index (κ2) is 6.05. The lowest BCUT2D eigenvalue weighted by Crippen LogP contribution is -2.10. The zero-order chi connectivity index (χ0) is 12.8. The maximum atomic E-state index is 11.8. The Balaban J connectivity index is 1.96. The van der Waals surface area contributed by atoms with Crippen molar-refractivity contribution in [2.24, 2.45) is 0 Å². The highest BCUT2D eigenvalue weighted by Crippen LogP contribution is 2.13. The highest BCUT2D eigenvalue weighted by atomic mass is 16.3. The molecular formula is C15H17NO2. The van der Waals surface area contributed by atoms with E-state index in [4.69, 9.17) is 4.42 Å². The summed E-state index contributed by atoms with van der Waals surface area (Å²) in [6.07, 6.45) is 6.40. The van der Waals surface area contributed by atoms with E-state index in [1.165, 1.54) is 30.9 Å². The molecule has 0 bridgehead atoms. The summed E-state index contributed by atoms with van der Waals surface area (Å²) in [7, 11) is 0. The number of nitrogens with one attached hydrogen (secondary N) is 1. The molecule has 0 aliphatic heterocycles. The summed E-state index contributed by atoms with van der Waals surface area (Å²) >= 11 is 0. The second-order valence-electron chi connectivity index (χ2n) is 4.27. The summed E-state index contributed by atoms with van der Waals surface area (Å²) in [5.74, 6) is -0.148. The number of unbranched alkanes of at least 4 members (excludes halogenated alkanes) is 1. The summed E-state index contributed by atoms with van der Waals surface area (Å²) in [6, 6.07) is 9.62. The molecule has 0 unspecified atom stereocenters. The summed E-state index contributed by atoms with van der Waals surface area (Å²) in [4.78, 5) is 11.8. The van der Waals surface area contributed by atoms with Gasteiger partial charge < -0.3 is 9.73 Å². The number of carbonyl (C=O) groups excluding carboxylic acids is 1. The molecule has 2 aromatic rings. The SMILES string of the molecule is CCCCc1ccc(NC(=O)c2ccoc2)cc1. The van der Waals surface area contributed by atoms with Crippen LogP contribution in [-0.2, 0) is 6.42 Å². The standard InChI is InChI=1S/C15H17NO2/c1-2-3-4-12-5-7-14(8-6-12)16-15(17)13-9-10-18-11-13/h5-11H,2-4H2,1H3,(H,16,17). The van der Waals surface area contributed by atoms with Crippen LogP contribution in [0.5, 0.6) is 0 Å². The van der Waals surface area contributed by atoms with E-state index < -0.39 is 0 Å². The van der Waals surface area contributed by atoms with Crippen LogP contribution in [0, 0.1) is 0 Å². The minimum absolute atomic E-state index is 0.148. The predicted molar refractivity (Wildman–Crippen MR) is 71.7 cm³/mol. The number of amides is 1.